The maximum Gasteiger partial charge on any atom is 0.342 e. The van der Waals surface area contributed by atoms with Crippen LogP contribution in [0.3, 0.4) is 0 Å². The van der Waals surface area contributed by atoms with Crippen LogP contribution < -0.4 is 14.8 Å². The zero-order chi connectivity index (χ0) is 22.2. The van der Waals surface area contributed by atoms with Crippen molar-refractivity contribution in [2.45, 2.75) is 12.5 Å². The fourth-order valence-electron chi connectivity index (χ4n) is 4.51. The van der Waals surface area contributed by atoms with Crippen LogP contribution in [0.15, 0.2) is 71.8 Å². The molecule has 3 aromatic carbocycles. The minimum Gasteiger partial charge on any atom is -0.493 e. The summed E-state index contributed by atoms with van der Waals surface area (Å²) in [6, 6.07) is 20.5. The summed E-state index contributed by atoms with van der Waals surface area (Å²) in [4.78, 5) is 13.3. The van der Waals surface area contributed by atoms with Gasteiger partial charge in [-0.25, -0.2) is 9.80 Å². The first kappa shape index (κ1) is 20.4. The molecule has 0 spiro atoms. The van der Waals surface area contributed by atoms with Crippen molar-refractivity contribution in [3.63, 3.8) is 0 Å². The number of benzene rings is 3. The number of nitrogens with zero attached hydrogens (tertiary/aromatic N) is 2. The molecule has 6 nitrogen and oxygen atoms in total. The third-order valence-electron chi connectivity index (χ3n) is 5.98. The third kappa shape index (κ3) is 3.46. The lowest BCUT2D eigenvalue weighted by Crippen LogP contribution is -2.34. The Labute approximate surface area is 191 Å². The molecule has 3 aromatic rings. The fraction of sp³-hybridized carbons (Fsp3) is 0.200. The van der Waals surface area contributed by atoms with Crippen LogP contribution in [0.2, 0.25) is 5.02 Å². The Balaban J connectivity index is 1.54. The van der Waals surface area contributed by atoms with Gasteiger partial charge in [-0.2, -0.15) is 5.10 Å². The van der Waals surface area contributed by atoms with Crippen LogP contribution in [0.4, 0.5) is 10.5 Å². The highest BCUT2D eigenvalue weighted by atomic mass is 35.5. The quantitative estimate of drug-likeness (QED) is 0.572. The van der Waals surface area contributed by atoms with E-state index in [2.05, 4.69) is 5.32 Å². The van der Waals surface area contributed by atoms with E-state index in [0.29, 0.717) is 22.2 Å². The first-order valence-electron chi connectivity index (χ1n) is 10.3. The molecule has 2 aliphatic rings. The molecule has 0 saturated heterocycles. The van der Waals surface area contributed by atoms with Gasteiger partial charge in [0, 0.05) is 22.2 Å². The Morgan fingerprint density at radius 1 is 1.03 bits per heavy atom. The number of methoxy groups -OCH3 is 2. The van der Waals surface area contributed by atoms with Crippen LogP contribution in [0.5, 0.6) is 11.5 Å². The Bertz CT molecular complexity index is 1200. The topological polar surface area (TPSA) is 63.2 Å². The van der Waals surface area contributed by atoms with Crippen molar-refractivity contribution in [1.82, 2.24) is 5.01 Å². The number of hydrazone groups is 1. The second-order valence-corrected chi connectivity index (χ2v) is 8.23. The molecular formula is C25H22ClN3O3. The van der Waals surface area contributed by atoms with Crippen molar-refractivity contribution in [2.75, 3.05) is 19.5 Å². The molecule has 2 unspecified atom stereocenters. The summed E-state index contributed by atoms with van der Waals surface area (Å²) in [5.74, 6) is 1.38. The Morgan fingerprint density at radius 2 is 1.72 bits per heavy atom. The highest BCUT2D eigenvalue weighted by Crippen LogP contribution is 2.46. The number of ether oxygens (including phenoxy) is 2. The molecule has 7 heteroatoms. The Hall–Kier alpha value is -3.51. The van der Waals surface area contributed by atoms with Crippen LogP contribution in [-0.4, -0.2) is 31.0 Å². The molecule has 32 heavy (non-hydrogen) atoms. The van der Waals surface area contributed by atoms with Gasteiger partial charge in [-0.3, -0.25) is 0 Å². The monoisotopic (exact) mass is 447 g/mol. The summed E-state index contributed by atoms with van der Waals surface area (Å²) < 4.78 is 11.0. The summed E-state index contributed by atoms with van der Waals surface area (Å²) in [6.07, 6.45) is 0.763. The van der Waals surface area contributed by atoms with E-state index in [1.165, 1.54) is 0 Å². The van der Waals surface area contributed by atoms with Gasteiger partial charge in [0.25, 0.3) is 0 Å². The number of hydrogen-bond donors (Lipinski definition) is 1. The van der Waals surface area contributed by atoms with Crippen LogP contribution in [0.1, 0.15) is 22.7 Å². The Morgan fingerprint density at radius 3 is 2.41 bits per heavy atom. The van der Waals surface area contributed by atoms with Crippen LogP contribution in [0.25, 0.3) is 0 Å². The summed E-state index contributed by atoms with van der Waals surface area (Å²) in [6.45, 7) is 0. The number of rotatable bonds is 4. The molecule has 0 radical (unpaired) electrons. The number of halogens is 1. The second-order valence-electron chi connectivity index (χ2n) is 7.80. The molecule has 2 amide bonds. The number of urea groups is 1. The minimum absolute atomic E-state index is 0.0418. The van der Waals surface area contributed by atoms with Crippen molar-refractivity contribution in [2.24, 2.45) is 11.0 Å². The van der Waals surface area contributed by atoms with Gasteiger partial charge < -0.3 is 14.8 Å². The molecule has 0 fully saturated rings. The zero-order valence-corrected chi connectivity index (χ0v) is 18.5. The first-order valence-corrected chi connectivity index (χ1v) is 10.7. The normalized spacial score (nSPS) is 18.6. The van der Waals surface area contributed by atoms with Gasteiger partial charge in [-0.05, 0) is 53.9 Å². The summed E-state index contributed by atoms with van der Waals surface area (Å²) in [7, 11) is 3.25. The van der Waals surface area contributed by atoms with Crippen molar-refractivity contribution in [1.29, 1.82) is 0 Å². The van der Waals surface area contributed by atoms with E-state index in [1.54, 1.807) is 43.5 Å². The fourth-order valence-corrected chi connectivity index (χ4v) is 4.64. The average molecular weight is 448 g/mol. The van der Waals surface area contributed by atoms with Gasteiger partial charge in [0.05, 0.1) is 26.0 Å². The molecular weight excluding hydrogens is 426 g/mol. The molecule has 1 heterocycles. The molecule has 5 rings (SSSR count). The largest absolute Gasteiger partial charge is 0.493 e. The molecule has 2 atom stereocenters. The molecule has 1 aliphatic heterocycles. The number of hydrogen-bond acceptors (Lipinski definition) is 4. The number of nitrogens with one attached hydrogen (secondary N) is 1. The highest BCUT2D eigenvalue weighted by Gasteiger charge is 2.46. The highest BCUT2D eigenvalue weighted by molar-refractivity contribution is 6.30. The van der Waals surface area contributed by atoms with Crippen molar-refractivity contribution in [3.8, 4) is 11.5 Å². The molecule has 1 N–H and O–H groups in total. The average Bonchev–Trinajstić information content (AvgIpc) is 3.36. The van der Waals surface area contributed by atoms with E-state index in [4.69, 9.17) is 26.2 Å². The standard InChI is InChI=1S/C25H22ClN3O3/c1-31-21-13-16-12-20-23(19(16)14-22(21)32-2)28-29(24(20)15-6-4-3-5-7-15)25(30)27-18-10-8-17(26)9-11-18/h3-11,13-14,20,24H,12H2,1-2H3,(H,27,30). The third-order valence-corrected chi connectivity index (χ3v) is 6.23. The number of anilines is 1. The van der Waals surface area contributed by atoms with Crippen molar-refractivity contribution < 1.29 is 14.3 Å². The number of carbonyl (C=O) groups excluding carboxylic acids is 1. The maximum atomic E-state index is 13.3. The molecule has 162 valence electrons. The molecule has 1 aliphatic carbocycles. The SMILES string of the molecule is COc1cc2c(cc1OC)C1=NN(C(=O)Nc3ccc(Cl)cc3)C(c3ccccc3)C1C2. The van der Waals surface area contributed by atoms with Gasteiger partial charge in [0.1, 0.15) is 0 Å². The molecule has 0 saturated carbocycles. The number of fused-ring (bicyclic) bond motifs is 3. The maximum absolute atomic E-state index is 13.3. The van der Waals surface area contributed by atoms with Gasteiger partial charge in [-0.15, -0.1) is 0 Å². The van der Waals surface area contributed by atoms with Crippen LogP contribution >= 0.6 is 11.6 Å². The van der Waals surface area contributed by atoms with E-state index in [-0.39, 0.29) is 18.0 Å². The van der Waals surface area contributed by atoms with Crippen LogP contribution in [0, 0.1) is 5.92 Å². The summed E-state index contributed by atoms with van der Waals surface area (Å²) >= 11 is 5.97. The number of amides is 2. The van der Waals surface area contributed by atoms with Gasteiger partial charge in [0.15, 0.2) is 11.5 Å². The van der Waals surface area contributed by atoms with E-state index < -0.39 is 0 Å². The Kier molecular flexibility index (Phi) is 5.23. The lowest BCUT2D eigenvalue weighted by Gasteiger charge is -2.26. The van der Waals surface area contributed by atoms with Crippen molar-refractivity contribution in [3.05, 3.63) is 88.4 Å². The van der Waals surface area contributed by atoms with E-state index in [9.17, 15) is 4.79 Å². The first-order chi connectivity index (χ1) is 15.6. The zero-order valence-electron chi connectivity index (χ0n) is 17.7. The van der Waals surface area contributed by atoms with E-state index >= 15 is 0 Å². The summed E-state index contributed by atoms with van der Waals surface area (Å²) in [5, 5.41) is 9.92. The predicted molar refractivity (Wildman–Crippen MR) is 125 cm³/mol. The minimum atomic E-state index is -0.287. The lowest BCUT2D eigenvalue weighted by atomic mass is 9.90. The van der Waals surface area contributed by atoms with Gasteiger partial charge in [0.2, 0.25) is 0 Å². The summed E-state index contributed by atoms with van der Waals surface area (Å²) in [5.41, 5.74) is 4.73. The van der Waals surface area contributed by atoms with Gasteiger partial charge >= 0.3 is 6.03 Å². The van der Waals surface area contributed by atoms with Crippen LogP contribution in [-0.2, 0) is 6.42 Å². The smallest absolute Gasteiger partial charge is 0.342 e. The second kappa shape index (κ2) is 8.20. The predicted octanol–water partition coefficient (Wildman–Crippen LogP) is 5.52. The molecule has 0 aromatic heterocycles. The van der Waals surface area contributed by atoms with Crippen molar-refractivity contribution >= 4 is 29.0 Å². The molecule has 0 bridgehead atoms. The lowest BCUT2D eigenvalue weighted by molar-refractivity contribution is 0.190. The van der Waals surface area contributed by atoms with E-state index in [1.807, 2.05) is 42.5 Å². The van der Waals surface area contributed by atoms with E-state index in [0.717, 1.165) is 28.8 Å². The van der Waals surface area contributed by atoms with Gasteiger partial charge in [-0.1, -0.05) is 41.9 Å². The number of carbonyl (C=O) groups is 1.